The molecular formula is C18H21F4N5O2. The number of nitrogens with zero attached hydrogens (tertiary/aromatic N) is 4. The summed E-state index contributed by atoms with van der Waals surface area (Å²) in [4.78, 5) is 14.6. The molecule has 1 saturated heterocycles. The third-order valence-corrected chi connectivity index (χ3v) is 4.76. The third kappa shape index (κ3) is 4.73. The maximum absolute atomic E-state index is 13.7. The molecule has 11 heteroatoms. The van der Waals surface area contributed by atoms with Gasteiger partial charge >= 0.3 is 6.18 Å². The van der Waals surface area contributed by atoms with Crippen molar-refractivity contribution in [1.29, 1.82) is 0 Å². The lowest BCUT2D eigenvalue weighted by molar-refractivity contribution is -0.143. The van der Waals surface area contributed by atoms with E-state index in [9.17, 15) is 22.4 Å². The number of amides is 1. The molecule has 1 fully saturated rings. The third-order valence-electron chi connectivity index (χ3n) is 4.76. The first-order chi connectivity index (χ1) is 13.6. The van der Waals surface area contributed by atoms with E-state index >= 15 is 0 Å². The summed E-state index contributed by atoms with van der Waals surface area (Å²) < 4.78 is 60.1. The van der Waals surface area contributed by atoms with Crippen LogP contribution in [0.5, 0.6) is 0 Å². The van der Waals surface area contributed by atoms with Crippen molar-refractivity contribution in [3.63, 3.8) is 0 Å². The van der Waals surface area contributed by atoms with E-state index in [1.807, 2.05) is 13.8 Å². The molecule has 1 aromatic carbocycles. The Morgan fingerprint density at radius 3 is 2.55 bits per heavy atom. The SMILES string of the molecule is CC(C)(CNC(=O)c1nnn(-c2cccc(F)c2)c1C(F)(F)F)N1CCOCC1. The van der Waals surface area contributed by atoms with Crippen LogP contribution in [-0.2, 0) is 10.9 Å². The van der Waals surface area contributed by atoms with Crippen LogP contribution >= 0.6 is 0 Å². The predicted molar refractivity (Wildman–Crippen MR) is 95.1 cm³/mol. The van der Waals surface area contributed by atoms with Gasteiger partial charge in [-0.25, -0.2) is 9.07 Å². The van der Waals surface area contributed by atoms with E-state index in [0.717, 1.165) is 12.1 Å². The lowest BCUT2D eigenvalue weighted by atomic mass is 10.0. The highest BCUT2D eigenvalue weighted by molar-refractivity contribution is 5.93. The minimum Gasteiger partial charge on any atom is -0.379 e. The fourth-order valence-electron chi connectivity index (χ4n) is 3.14. The molecule has 158 valence electrons. The Labute approximate surface area is 164 Å². The lowest BCUT2D eigenvalue weighted by Crippen LogP contribution is -2.55. The van der Waals surface area contributed by atoms with Crippen LogP contribution in [0.1, 0.15) is 30.0 Å². The number of morpholine rings is 1. The molecule has 7 nitrogen and oxygen atoms in total. The molecule has 2 aromatic rings. The number of hydrogen-bond acceptors (Lipinski definition) is 5. The predicted octanol–water partition coefficient (Wildman–Crippen LogP) is 2.27. The Hall–Kier alpha value is -2.53. The molecule has 29 heavy (non-hydrogen) atoms. The van der Waals surface area contributed by atoms with E-state index in [1.54, 1.807) is 0 Å². The molecule has 0 atom stereocenters. The summed E-state index contributed by atoms with van der Waals surface area (Å²) in [5.41, 5.74) is -2.89. The zero-order valence-corrected chi connectivity index (χ0v) is 16.0. The Balaban J connectivity index is 1.83. The number of halogens is 4. The van der Waals surface area contributed by atoms with Crippen LogP contribution in [0.15, 0.2) is 24.3 Å². The summed E-state index contributed by atoms with van der Waals surface area (Å²) in [6, 6.07) is 4.47. The average molecular weight is 415 g/mol. The average Bonchev–Trinajstić information content (AvgIpc) is 3.13. The van der Waals surface area contributed by atoms with E-state index in [1.165, 1.54) is 12.1 Å². The van der Waals surface area contributed by atoms with Crippen molar-refractivity contribution in [2.75, 3.05) is 32.8 Å². The molecule has 1 N–H and O–H groups in total. The monoisotopic (exact) mass is 415 g/mol. The summed E-state index contributed by atoms with van der Waals surface area (Å²) in [7, 11) is 0. The van der Waals surface area contributed by atoms with E-state index in [2.05, 4.69) is 20.5 Å². The van der Waals surface area contributed by atoms with Crippen molar-refractivity contribution >= 4 is 5.91 Å². The summed E-state index contributed by atoms with van der Waals surface area (Å²) in [5, 5.41) is 9.38. The van der Waals surface area contributed by atoms with Crippen LogP contribution in [-0.4, -0.2) is 64.2 Å². The van der Waals surface area contributed by atoms with Gasteiger partial charge in [-0.3, -0.25) is 9.69 Å². The van der Waals surface area contributed by atoms with Crippen LogP contribution in [0.2, 0.25) is 0 Å². The van der Waals surface area contributed by atoms with Gasteiger partial charge in [0.25, 0.3) is 5.91 Å². The molecule has 1 aromatic heterocycles. The second-order valence-electron chi connectivity index (χ2n) is 7.27. The number of carbonyl (C=O) groups is 1. The van der Waals surface area contributed by atoms with Gasteiger partial charge < -0.3 is 10.1 Å². The van der Waals surface area contributed by atoms with E-state index in [4.69, 9.17) is 4.74 Å². The zero-order valence-electron chi connectivity index (χ0n) is 16.0. The zero-order chi connectivity index (χ0) is 21.2. The minimum absolute atomic E-state index is 0.107. The Morgan fingerprint density at radius 1 is 1.24 bits per heavy atom. The van der Waals surface area contributed by atoms with Gasteiger partial charge in [0.05, 0.1) is 18.9 Å². The summed E-state index contributed by atoms with van der Waals surface area (Å²) in [6.45, 7) is 6.30. The molecule has 2 heterocycles. The van der Waals surface area contributed by atoms with Crippen molar-refractivity contribution < 1.29 is 27.1 Å². The second kappa shape index (κ2) is 8.07. The van der Waals surface area contributed by atoms with Gasteiger partial charge in [0.15, 0.2) is 11.4 Å². The number of alkyl halides is 3. The molecule has 0 spiro atoms. The number of carbonyl (C=O) groups excluding carboxylic acids is 1. The van der Waals surface area contributed by atoms with Crippen LogP contribution in [0.25, 0.3) is 5.69 Å². The highest BCUT2D eigenvalue weighted by Gasteiger charge is 2.42. The standard InChI is InChI=1S/C18H21F4N5O2/c1-17(2,26-6-8-29-9-7-26)11-23-16(28)14-15(18(20,21)22)27(25-24-14)13-5-3-4-12(19)10-13/h3-5,10H,6-9,11H2,1-2H3,(H,23,28). The van der Waals surface area contributed by atoms with Crippen LogP contribution in [0.4, 0.5) is 17.6 Å². The number of hydrogen-bond donors (Lipinski definition) is 1. The normalized spacial score (nSPS) is 16.1. The van der Waals surface area contributed by atoms with Gasteiger partial charge in [-0.2, -0.15) is 13.2 Å². The van der Waals surface area contributed by atoms with Crippen molar-refractivity contribution in [1.82, 2.24) is 25.2 Å². The maximum Gasteiger partial charge on any atom is 0.435 e. The van der Waals surface area contributed by atoms with Gasteiger partial charge in [0.2, 0.25) is 0 Å². The first-order valence-electron chi connectivity index (χ1n) is 8.99. The maximum atomic E-state index is 13.7. The summed E-state index contributed by atoms with van der Waals surface area (Å²) in [5.74, 6) is -1.73. The van der Waals surface area contributed by atoms with Gasteiger partial charge in [0, 0.05) is 25.2 Å². The van der Waals surface area contributed by atoms with Crippen molar-refractivity contribution in [2.45, 2.75) is 25.6 Å². The van der Waals surface area contributed by atoms with Gasteiger partial charge in [-0.1, -0.05) is 11.3 Å². The minimum atomic E-state index is -4.91. The van der Waals surface area contributed by atoms with E-state index in [-0.39, 0.29) is 12.2 Å². The molecule has 3 rings (SSSR count). The summed E-state index contributed by atoms with van der Waals surface area (Å²) >= 11 is 0. The Bertz CT molecular complexity index is 875. The van der Waals surface area contributed by atoms with Crippen molar-refractivity contribution in [3.05, 3.63) is 41.5 Å². The topological polar surface area (TPSA) is 72.3 Å². The molecule has 1 aliphatic heterocycles. The number of aromatic nitrogens is 3. The lowest BCUT2D eigenvalue weighted by Gasteiger charge is -2.40. The highest BCUT2D eigenvalue weighted by Crippen LogP contribution is 2.32. The Morgan fingerprint density at radius 2 is 1.93 bits per heavy atom. The largest absolute Gasteiger partial charge is 0.435 e. The van der Waals surface area contributed by atoms with E-state index < -0.39 is 34.8 Å². The van der Waals surface area contributed by atoms with Crippen LogP contribution in [0.3, 0.4) is 0 Å². The second-order valence-corrected chi connectivity index (χ2v) is 7.27. The summed E-state index contributed by atoms with van der Waals surface area (Å²) in [6.07, 6.45) is -4.91. The first-order valence-corrected chi connectivity index (χ1v) is 8.99. The van der Waals surface area contributed by atoms with Crippen molar-refractivity contribution in [2.24, 2.45) is 0 Å². The molecule has 0 unspecified atom stereocenters. The number of nitrogens with one attached hydrogen (secondary N) is 1. The number of rotatable bonds is 5. The molecule has 0 bridgehead atoms. The Kier molecular flexibility index (Phi) is 5.90. The number of benzene rings is 1. The molecule has 1 amide bonds. The molecular weight excluding hydrogens is 394 g/mol. The quantitative estimate of drug-likeness (QED) is 0.759. The fraction of sp³-hybridized carbons (Fsp3) is 0.500. The van der Waals surface area contributed by atoms with Gasteiger partial charge in [0.1, 0.15) is 5.82 Å². The molecule has 0 radical (unpaired) electrons. The van der Waals surface area contributed by atoms with Crippen molar-refractivity contribution in [3.8, 4) is 5.69 Å². The fourth-order valence-corrected chi connectivity index (χ4v) is 3.14. The number of ether oxygens (including phenoxy) is 1. The first kappa shape index (κ1) is 21.2. The van der Waals surface area contributed by atoms with Gasteiger partial charge in [-0.15, -0.1) is 5.10 Å². The van der Waals surface area contributed by atoms with E-state index in [0.29, 0.717) is 31.0 Å². The highest BCUT2D eigenvalue weighted by atomic mass is 19.4. The van der Waals surface area contributed by atoms with Crippen LogP contribution < -0.4 is 5.32 Å². The molecule has 0 aliphatic carbocycles. The molecule has 1 aliphatic rings. The smallest absolute Gasteiger partial charge is 0.379 e. The molecule has 0 saturated carbocycles. The van der Waals surface area contributed by atoms with Crippen LogP contribution in [0, 0.1) is 5.82 Å². The van der Waals surface area contributed by atoms with Gasteiger partial charge in [-0.05, 0) is 32.0 Å².